The molecular weight excluding hydrogens is 402 g/mol. The van der Waals surface area contributed by atoms with Crippen LogP contribution in [0.3, 0.4) is 0 Å². The number of anilines is 3. The lowest BCUT2D eigenvalue weighted by molar-refractivity contribution is 0.0224. The van der Waals surface area contributed by atoms with Crippen molar-refractivity contribution < 1.29 is 14.3 Å². The second-order valence-corrected chi connectivity index (χ2v) is 9.02. The average Bonchev–Trinajstić information content (AvgIpc) is 2.98. The zero-order valence-electron chi connectivity index (χ0n) is 17.6. The number of rotatable bonds is 2. The van der Waals surface area contributed by atoms with E-state index in [1.54, 1.807) is 12.1 Å². The van der Waals surface area contributed by atoms with Gasteiger partial charge in [0.25, 0.3) is 0 Å². The smallest absolute Gasteiger partial charge is 0.340 e. The fourth-order valence-corrected chi connectivity index (χ4v) is 5.26. The molecule has 2 N–H and O–H groups in total. The summed E-state index contributed by atoms with van der Waals surface area (Å²) in [4.78, 5) is 17.7. The molecule has 0 radical (unpaired) electrons. The number of nitrogens with zero attached hydrogens (tertiary/aromatic N) is 2. The van der Waals surface area contributed by atoms with Crippen LogP contribution in [0.1, 0.15) is 39.9 Å². The Hall–Kier alpha value is -3.67. The van der Waals surface area contributed by atoms with Crippen LogP contribution in [0, 0.1) is 0 Å². The van der Waals surface area contributed by atoms with Crippen LogP contribution in [0.4, 0.5) is 17.1 Å². The molecule has 160 valence electrons. The van der Waals surface area contributed by atoms with Crippen LogP contribution < -0.4 is 20.3 Å². The van der Waals surface area contributed by atoms with Crippen LogP contribution in [0.15, 0.2) is 54.6 Å². The average molecular weight is 425 g/mol. The Morgan fingerprint density at radius 2 is 1.34 bits per heavy atom. The van der Waals surface area contributed by atoms with Gasteiger partial charge in [0.2, 0.25) is 0 Å². The van der Waals surface area contributed by atoms with Gasteiger partial charge in [-0.1, -0.05) is 0 Å². The van der Waals surface area contributed by atoms with Gasteiger partial charge in [-0.15, -0.1) is 0 Å². The van der Waals surface area contributed by atoms with Crippen LogP contribution in [0.25, 0.3) is 0 Å². The predicted octanol–water partition coefficient (Wildman–Crippen LogP) is 4.26. The third kappa shape index (κ3) is 2.27. The van der Waals surface area contributed by atoms with Crippen molar-refractivity contribution in [3.8, 4) is 11.5 Å². The highest BCUT2D eigenvalue weighted by Crippen LogP contribution is 2.57. The van der Waals surface area contributed by atoms with Crippen LogP contribution in [0.5, 0.6) is 11.5 Å². The van der Waals surface area contributed by atoms with Crippen molar-refractivity contribution in [3.05, 3.63) is 76.9 Å². The van der Waals surface area contributed by atoms with Gasteiger partial charge in [-0.2, -0.15) is 0 Å². The number of hydrogen-bond donors (Lipinski definition) is 1. The maximum Gasteiger partial charge on any atom is 0.340 e. The molecule has 0 unspecified atom stereocenters. The molecule has 0 saturated carbocycles. The predicted molar refractivity (Wildman–Crippen MR) is 123 cm³/mol. The summed E-state index contributed by atoms with van der Waals surface area (Å²) in [5.74, 6) is 1.12. The van der Waals surface area contributed by atoms with E-state index in [9.17, 15) is 4.79 Å². The van der Waals surface area contributed by atoms with Crippen molar-refractivity contribution in [2.24, 2.45) is 0 Å². The first-order chi connectivity index (χ1) is 15.6. The van der Waals surface area contributed by atoms with E-state index in [4.69, 9.17) is 15.2 Å². The summed E-state index contributed by atoms with van der Waals surface area (Å²) in [6, 6.07) is 17.8. The van der Waals surface area contributed by atoms with Crippen molar-refractivity contribution in [2.45, 2.75) is 18.4 Å². The third-order valence-electron chi connectivity index (χ3n) is 7.24. The molecule has 0 bridgehead atoms. The summed E-state index contributed by atoms with van der Waals surface area (Å²) in [6.07, 6.45) is 2.41. The lowest BCUT2D eigenvalue weighted by Crippen LogP contribution is -2.38. The second kappa shape index (κ2) is 6.19. The largest absolute Gasteiger partial charge is 0.456 e. The minimum atomic E-state index is -1.06. The lowest BCUT2D eigenvalue weighted by atomic mass is 9.77. The zero-order valence-corrected chi connectivity index (χ0v) is 17.6. The number of nitrogen functional groups attached to an aromatic ring is 1. The second-order valence-electron chi connectivity index (χ2n) is 9.02. The standard InChI is InChI=1S/C26H23N3O3/c27-16-3-6-19-22(13-16)26(32-25(19)30)20-7-4-17(28-9-1-10-28)14-23(20)31-24-15-18(5-8-21(24)26)29-11-2-12-29/h3-8,13-15H,1-2,9-12,27H2. The summed E-state index contributed by atoms with van der Waals surface area (Å²) in [6.45, 7) is 4.20. The van der Waals surface area contributed by atoms with Crippen molar-refractivity contribution in [1.82, 2.24) is 0 Å². The van der Waals surface area contributed by atoms with E-state index in [-0.39, 0.29) is 5.97 Å². The minimum Gasteiger partial charge on any atom is -0.456 e. The van der Waals surface area contributed by atoms with Crippen molar-refractivity contribution in [2.75, 3.05) is 41.7 Å². The molecule has 7 rings (SSSR count). The van der Waals surface area contributed by atoms with E-state index in [0.29, 0.717) is 11.3 Å². The van der Waals surface area contributed by atoms with E-state index in [1.807, 2.05) is 18.2 Å². The first-order valence-electron chi connectivity index (χ1n) is 11.2. The summed E-state index contributed by atoms with van der Waals surface area (Å²) in [5.41, 5.74) is 11.0. The molecule has 0 aromatic heterocycles. The number of benzene rings is 3. The molecule has 1 spiro atoms. The topological polar surface area (TPSA) is 68.0 Å². The van der Waals surface area contributed by atoms with E-state index >= 15 is 0 Å². The van der Waals surface area contributed by atoms with Crippen molar-refractivity contribution in [3.63, 3.8) is 0 Å². The van der Waals surface area contributed by atoms with E-state index in [2.05, 4.69) is 34.1 Å². The molecule has 2 saturated heterocycles. The molecule has 0 aliphatic carbocycles. The minimum absolute atomic E-state index is 0.336. The molecule has 4 heterocycles. The molecule has 6 nitrogen and oxygen atoms in total. The highest BCUT2D eigenvalue weighted by molar-refractivity contribution is 5.97. The van der Waals surface area contributed by atoms with Gasteiger partial charge in [0.15, 0.2) is 5.60 Å². The van der Waals surface area contributed by atoms with Crippen molar-refractivity contribution >= 4 is 23.0 Å². The quantitative estimate of drug-likeness (QED) is 0.489. The molecule has 6 heteroatoms. The van der Waals surface area contributed by atoms with E-state index in [0.717, 1.165) is 65.7 Å². The number of nitrogens with two attached hydrogens (primary N) is 1. The SMILES string of the molecule is Nc1ccc2c(c1)C1(OC2=O)c2ccc(N3CCC3)cc2Oc2cc(N3CCC3)ccc21. The zero-order chi connectivity index (χ0) is 21.4. The number of carbonyl (C=O) groups is 1. The number of fused-ring (bicyclic) bond motifs is 6. The highest BCUT2D eigenvalue weighted by Gasteiger charge is 2.53. The number of hydrogen-bond acceptors (Lipinski definition) is 6. The summed E-state index contributed by atoms with van der Waals surface area (Å²) < 4.78 is 12.7. The Bertz CT molecular complexity index is 1230. The van der Waals surface area contributed by atoms with Crippen LogP contribution in [-0.4, -0.2) is 32.1 Å². The van der Waals surface area contributed by atoms with Gasteiger partial charge in [0.1, 0.15) is 11.5 Å². The molecular formula is C26H23N3O3. The van der Waals surface area contributed by atoms with E-state index < -0.39 is 5.60 Å². The van der Waals surface area contributed by atoms with Crippen molar-refractivity contribution in [1.29, 1.82) is 0 Å². The highest BCUT2D eigenvalue weighted by atomic mass is 16.6. The molecule has 3 aromatic carbocycles. The molecule has 2 fully saturated rings. The fraction of sp³-hybridized carbons (Fsp3) is 0.269. The number of ether oxygens (including phenoxy) is 2. The Kier molecular flexibility index (Phi) is 3.47. The Balaban J connectivity index is 1.48. The normalized spacial score (nSPS) is 19.3. The molecule has 0 atom stereocenters. The first-order valence-corrected chi connectivity index (χ1v) is 11.2. The van der Waals surface area contributed by atoms with E-state index in [1.165, 1.54) is 12.8 Å². The van der Waals surface area contributed by atoms with Crippen LogP contribution in [-0.2, 0) is 10.3 Å². The molecule has 0 amide bonds. The maximum atomic E-state index is 13.0. The number of carbonyl (C=O) groups excluding carboxylic acids is 1. The Labute approximate surface area is 186 Å². The lowest BCUT2D eigenvalue weighted by Gasteiger charge is -2.39. The molecule has 32 heavy (non-hydrogen) atoms. The van der Waals surface area contributed by atoms with Crippen LogP contribution >= 0.6 is 0 Å². The first kappa shape index (κ1) is 18.0. The van der Waals surface area contributed by atoms with Gasteiger partial charge in [-0.3, -0.25) is 0 Å². The summed E-state index contributed by atoms with van der Waals surface area (Å²) >= 11 is 0. The van der Waals surface area contributed by atoms with Gasteiger partial charge in [0.05, 0.1) is 5.56 Å². The Morgan fingerprint density at radius 3 is 1.88 bits per heavy atom. The van der Waals surface area contributed by atoms with Gasteiger partial charge >= 0.3 is 5.97 Å². The third-order valence-corrected chi connectivity index (χ3v) is 7.24. The maximum absolute atomic E-state index is 13.0. The molecule has 3 aromatic rings. The summed E-state index contributed by atoms with van der Waals surface area (Å²) in [7, 11) is 0. The Morgan fingerprint density at radius 1 is 0.750 bits per heavy atom. The summed E-state index contributed by atoms with van der Waals surface area (Å²) in [5, 5.41) is 0. The monoisotopic (exact) mass is 425 g/mol. The van der Waals surface area contributed by atoms with Gasteiger partial charge in [-0.05, 0) is 55.3 Å². The van der Waals surface area contributed by atoms with Gasteiger partial charge in [0, 0.05) is 72.1 Å². The van der Waals surface area contributed by atoms with Gasteiger partial charge in [-0.25, -0.2) is 4.79 Å². The molecule has 4 aliphatic rings. The number of esters is 1. The van der Waals surface area contributed by atoms with Gasteiger partial charge < -0.3 is 25.0 Å². The van der Waals surface area contributed by atoms with Crippen LogP contribution in [0.2, 0.25) is 0 Å². The molecule has 4 aliphatic heterocycles. The fourth-order valence-electron chi connectivity index (χ4n) is 5.26.